The molecule has 0 spiro atoms. The molecular formula is C20H15FN4OS. The second-order valence-corrected chi connectivity index (χ2v) is 6.73. The highest BCUT2D eigenvalue weighted by Gasteiger charge is 2.15. The monoisotopic (exact) mass is 378 g/mol. The number of hydrogen-bond donors (Lipinski definition) is 1. The normalized spacial score (nSPS) is 10.7. The van der Waals surface area contributed by atoms with Crippen molar-refractivity contribution in [3.63, 3.8) is 0 Å². The van der Waals surface area contributed by atoms with Crippen molar-refractivity contribution in [2.75, 3.05) is 5.32 Å². The number of amides is 1. The SMILES string of the molecule is CC(=O)Nc1cc(-c2ccccc2)nn1-c1nc(-c2ccc(F)cc2)cs1. The maximum absolute atomic E-state index is 13.1. The topological polar surface area (TPSA) is 59.8 Å². The Morgan fingerprint density at radius 2 is 1.74 bits per heavy atom. The lowest BCUT2D eigenvalue weighted by Crippen LogP contribution is -2.10. The van der Waals surface area contributed by atoms with Crippen LogP contribution in [0.5, 0.6) is 0 Å². The molecule has 2 heterocycles. The number of halogens is 1. The number of nitrogens with one attached hydrogen (secondary N) is 1. The summed E-state index contributed by atoms with van der Waals surface area (Å²) in [7, 11) is 0. The van der Waals surface area contributed by atoms with E-state index in [4.69, 9.17) is 0 Å². The number of carbonyl (C=O) groups is 1. The molecule has 1 amide bonds. The van der Waals surface area contributed by atoms with Gasteiger partial charge < -0.3 is 5.32 Å². The van der Waals surface area contributed by atoms with Crippen LogP contribution in [-0.2, 0) is 4.79 Å². The van der Waals surface area contributed by atoms with Crippen molar-refractivity contribution in [2.24, 2.45) is 0 Å². The maximum Gasteiger partial charge on any atom is 0.222 e. The molecule has 4 aromatic rings. The van der Waals surface area contributed by atoms with Crippen LogP contribution in [0.4, 0.5) is 10.2 Å². The summed E-state index contributed by atoms with van der Waals surface area (Å²) in [5.41, 5.74) is 3.21. The van der Waals surface area contributed by atoms with Crippen molar-refractivity contribution in [2.45, 2.75) is 6.92 Å². The second-order valence-electron chi connectivity index (χ2n) is 5.90. The molecule has 0 saturated carbocycles. The van der Waals surface area contributed by atoms with E-state index >= 15 is 0 Å². The van der Waals surface area contributed by atoms with E-state index in [0.717, 1.165) is 22.5 Å². The van der Waals surface area contributed by atoms with Gasteiger partial charge in [0, 0.05) is 29.5 Å². The molecule has 4 rings (SSSR count). The molecule has 0 aliphatic heterocycles. The Morgan fingerprint density at radius 1 is 1.04 bits per heavy atom. The lowest BCUT2D eigenvalue weighted by Gasteiger charge is -2.03. The number of aromatic nitrogens is 3. The molecule has 1 N–H and O–H groups in total. The Bertz CT molecular complexity index is 1090. The minimum Gasteiger partial charge on any atom is -0.311 e. The van der Waals surface area contributed by atoms with E-state index in [1.54, 1.807) is 16.8 Å². The minimum absolute atomic E-state index is 0.189. The molecule has 0 saturated heterocycles. The summed E-state index contributed by atoms with van der Waals surface area (Å²) < 4.78 is 14.8. The predicted molar refractivity (Wildman–Crippen MR) is 104 cm³/mol. The third kappa shape index (κ3) is 3.63. The fourth-order valence-electron chi connectivity index (χ4n) is 2.66. The summed E-state index contributed by atoms with van der Waals surface area (Å²) >= 11 is 1.40. The lowest BCUT2D eigenvalue weighted by atomic mass is 10.2. The van der Waals surface area contributed by atoms with E-state index in [-0.39, 0.29) is 11.7 Å². The summed E-state index contributed by atoms with van der Waals surface area (Å²) in [6, 6.07) is 17.7. The van der Waals surface area contributed by atoms with Gasteiger partial charge in [-0.15, -0.1) is 11.3 Å². The molecule has 0 aliphatic carbocycles. The lowest BCUT2D eigenvalue weighted by molar-refractivity contribution is -0.114. The van der Waals surface area contributed by atoms with Crippen molar-refractivity contribution in [3.05, 3.63) is 71.9 Å². The van der Waals surface area contributed by atoms with E-state index in [1.165, 1.54) is 30.4 Å². The molecule has 0 bridgehead atoms. The zero-order valence-corrected chi connectivity index (χ0v) is 15.2. The Labute approximate surface area is 159 Å². The van der Waals surface area contributed by atoms with Gasteiger partial charge in [-0.2, -0.15) is 9.78 Å². The fraction of sp³-hybridized carbons (Fsp3) is 0.0500. The van der Waals surface area contributed by atoms with Crippen molar-refractivity contribution in [3.8, 4) is 27.6 Å². The molecule has 7 heteroatoms. The molecule has 0 atom stereocenters. The van der Waals surface area contributed by atoms with Gasteiger partial charge in [0.2, 0.25) is 11.0 Å². The first-order chi connectivity index (χ1) is 13.1. The van der Waals surface area contributed by atoms with Crippen molar-refractivity contribution in [1.29, 1.82) is 0 Å². The van der Waals surface area contributed by atoms with Gasteiger partial charge >= 0.3 is 0 Å². The van der Waals surface area contributed by atoms with E-state index in [2.05, 4.69) is 15.4 Å². The van der Waals surface area contributed by atoms with Crippen LogP contribution in [0.1, 0.15) is 6.92 Å². The van der Waals surface area contributed by atoms with Gasteiger partial charge in [-0.25, -0.2) is 9.37 Å². The van der Waals surface area contributed by atoms with Crippen LogP contribution in [-0.4, -0.2) is 20.7 Å². The zero-order valence-electron chi connectivity index (χ0n) is 14.4. The molecule has 0 fully saturated rings. The van der Waals surface area contributed by atoms with Crippen LogP contribution in [0.2, 0.25) is 0 Å². The highest BCUT2D eigenvalue weighted by Crippen LogP contribution is 2.29. The van der Waals surface area contributed by atoms with Gasteiger partial charge in [0.25, 0.3) is 0 Å². The third-order valence-corrected chi connectivity index (χ3v) is 4.71. The smallest absolute Gasteiger partial charge is 0.222 e. The Balaban J connectivity index is 1.75. The van der Waals surface area contributed by atoms with E-state index in [0.29, 0.717) is 10.9 Å². The first kappa shape index (κ1) is 17.1. The predicted octanol–water partition coefficient (Wildman–Crippen LogP) is 4.76. The summed E-state index contributed by atoms with van der Waals surface area (Å²) in [4.78, 5) is 16.2. The third-order valence-electron chi connectivity index (χ3n) is 3.90. The highest BCUT2D eigenvalue weighted by atomic mass is 32.1. The summed E-state index contributed by atoms with van der Waals surface area (Å²) in [5, 5.41) is 9.90. The minimum atomic E-state index is -0.290. The Morgan fingerprint density at radius 3 is 2.44 bits per heavy atom. The molecule has 27 heavy (non-hydrogen) atoms. The standard InChI is InChI=1S/C20H15FN4OS/c1-13(26)22-19-11-17(14-5-3-2-4-6-14)24-25(19)20-23-18(12-27-20)15-7-9-16(21)10-8-15/h2-12H,1H3,(H,22,26). The molecule has 134 valence electrons. The quantitative estimate of drug-likeness (QED) is 0.557. The van der Waals surface area contributed by atoms with Gasteiger partial charge in [-0.3, -0.25) is 4.79 Å². The molecule has 0 unspecified atom stereocenters. The van der Waals surface area contributed by atoms with Crippen LogP contribution in [0.25, 0.3) is 27.6 Å². The number of carbonyl (C=O) groups excluding carboxylic acids is 1. The number of hydrogen-bond acceptors (Lipinski definition) is 4. The maximum atomic E-state index is 13.1. The van der Waals surface area contributed by atoms with Gasteiger partial charge in [-0.05, 0) is 24.3 Å². The van der Waals surface area contributed by atoms with Gasteiger partial charge in [0.15, 0.2) is 0 Å². The van der Waals surface area contributed by atoms with Crippen LogP contribution in [0.15, 0.2) is 66.0 Å². The van der Waals surface area contributed by atoms with Gasteiger partial charge in [0.1, 0.15) is 11.6 Å². The van der Waals surface area contributed by atoms with Crippen molar-refractivity contribution < 1.29 is 9.18 Å². The Kier molecular flexibility index (Phi) is 4.52. The largest absolute Gasteiger partial charge is 0.311 e. The van der Waals surface area contributed by atoms with Crippen LogP contribution in [0, 0.1) is 5.82 Å². The molecule has 5 nitrogen and oxygen atoms in total. The average Bonchev–Trinajstić information content (AvgIpc) is 3.30. The first-order valence-corrected chi connectivity index (χ1v) is 9.13. The molecule has 2 aromatic carbocycles. The van der Waals surface area contributed by atoms with Crippen LogP contribution < -0.4 is 5.32 Å². The van der Waals surface area contributed by atoms with E-state index in [9.17, 15) is 9.18 Å². The van der Waals surface area contributed by atoms with Gasteiger partial charge in [-0.1, -0.05) is 30.3 Å². The number of anilines is 1. The fourth-order valence-corrected chi connectivity index (χ4v) is 3.46. The molecule has 0 aliphatic rings. The van der Waals surface area contributed by atoms with Crippen molar-refractivity contribution in [1.82, 2.24) is 14.8 Å². The zero-order chi connectivity index (χ0) is 18.8. The van der Waals surface area contributed by atoms with Gasteiger partial charge in [0.05, 0.1) is 11.4 Å². The van der Waals surface area contributed by atoms with Crippen LogP contribution >= 0.6 is 11.3 Å². The number of thiazole rings is 1. The van der Waals surface area contributed by atoms with E-state index in [1.807, 2.05) is 41.8 Å². The molecule has 0 radical (unpaired) electrons. The Hall–Kier alpha value is -3.32. The molecule has 2 aromatic heterocycles. The van der Waals surface area contributed by atoms with E-state index < -0.39 is 0 Å². The highest BCUT2D eigenvalue weighted by molar-refractivity contribution is 7.12. The number of benzene rings is 2. The summed E-state index contributed by atoms with van der Waals surface area (Å²) in [5.74, 6) is 0.0640. The summed E-state index contributed by atoms with van der Waals surface area (Å²) in [6.07, 6.45) is 0. The second kappa shape index (κ2) is 7.13. The molecular weight excluding hydrogens is 363 g/mol. The first-order valence-electron chi connectivity index (χ1n) is 8.25. The average molecular weight is 378 g/mol. The van der Waals surface area contributed by atoms with Crippen LogP contribution in [0.3, 0.4) is 0 Å². The summed E-state index contributed by atoms with van der Waals surface area (Å²) in [6.45, 7) is 1.45. The number of nitrogens with zero attached hydrogens (tertiary/aromatic N) is 3. The number of rotatable bonds is 4. The van der Waals surface area contributed by atoms with Crippen molar-refractivity contribution >= 4 is 23.1 Å².